The Balaban J connectivity index is 1.92. The zero-order valence-electron chi connectivity index (χ0n) is 14.4. The molecule has 0 N–H and O–H groups in total. The highest BCUT2D eigenvalue weighted by atomic mass is 32.2. The van der Waals surface area contributed by atoms with Crippen LogP contribution in [0.4, 0.5) is 0 Å². The zero-order chi connectivity index (χ0) is 17.4. The normalized spacial score (nSPS) is 13.5. The van der Waals surface area contributed by atoms with Gasteiger partial charge in [0, 0.05) is 16.4 Å². The fraction of sp³-hybridized carbons (Fsp3) is 0.368. The van der Waals surface area contributed by atoms with Crippen LogP contribution in [0.2, 0.25) is 0 Å². The number of aromatic nitrogens is 2. The van der Waals surface area contributed by atoms with E-state index in [0.29, 0.717) is 0 Å². The number of thiophene rings is 1. The van der Waals surface area contributed by atoms with Crippen LogP contribution in [0, 0.1) is 6.92 Å². The molecular formula is C19H20N2OS3. The third kappa shape index (κ3) is 3.15. The van der Waals surface area contributed by atoms with Gasteiger partial charge in [0.05, 0.1) is 11.1 Å². The average Bonchev–Trinajstić information content (AvgIpc) is 3.17. The molecule has 0 amide bonds. The summed E-state index contributed by atoms with van der Waals surface area (Å²) in [4.78, 5) is 20.6. The van der Waals surface area contributed by atoms with Crippen LogP contribution in [-0.4, -0.2) is 27.3 Å². The lowest BCUT2D eigenvalue weighted by atomic mass is 10.2. The van der Waals surface area contributed by atoms with Crippen molar-refractivity contribution in [2.45, 2.75) is 31.3 Å². The highest BCUT2D eigenvalue weighted by molar-refractivity contribution is 8.02. The number of rotatable bonds is 5. The second-order valence-electron chi connectivity index (χ2n) is 6.25. The maximum absolute atomic E-state index is 13.4. The topological polar surface area (TPSA) is 34.9 Å². The van der Waals surface area contributed by atoms with Crippen molar-refractivity contribution < 1.29 is 0 Å². The van der Waals surface area contributed by atoms with E-state index in [2.05, 4.69) is 25.3 Å². The van der Waals surface area contributed by atoms with Gasteiger partial charge in [-0.1, -0.05) is 29.5 Å². The molecule has 1 aliphatic carbocycles. The van der Waals surface area contributed by atoms with E-state index in [1.807, 2.05) is 28.5 Å². The van der Waals surface area contributed by atoms with Crippen molar-refractivity contribution in [2.75, 3.05) is 17.8 Å². The fourth-order valence-electron chi connectivity index (χ4n) is 3.26. The summed E-state index contributed by atoms with van der Waals surface area (Å²) in [6.45, 7) is 2.06. The van der Waals surface area contributed by atoms with Crippen LogP contribution in [0.25, 0.3) is 15.9 Å². The second kappa shape index (κ2) is 7.17. The first kappa shape index (κ1) is 17.2. The number of aryl methyl sites for hydroxylation is 3. The molecule has 0 aliphatic heterocycles. The van der Waals surface area contributed by atoms with Gasteiger partial charge in [-0.05, 0) is 50.1 Å². The Morgan fingerprint density at radius 1 is 1.20 bits per heavy atom. The summed E-state index contributed by atoms with van der Waals surface area (Å²) in [7, 11) is 0. The van der Waals surface area contributed by atoms with E-state index >= 15 is 0 Å². The van der Waals surface area contributed by atoms with Crippen molar-refractivity contribution in [3.05, 3.63) is 50.6 Å². The molecule has 0 saturated carbocycles. The van der Waals surface area contributed by atoms with Gasteiger partial charge in [-0.3, -0.25) is 9.36 Å². The SMILES string of the molecule is CSCCSc1nc2sc3c(c2c(=O)n1-c1ccc(C)cc1)CCC3. The first-order chi connectivity index (χ1) is 12.2. The van der Waals surface area contributed by atoms with Crippen molar-refractivity contribution >= 4 is 45.1 Å². The Kier molecular flexibility index (Phi) is 4.93. The first-order valence-corrected chi connectivity index (χ1v) is 11.6. The lowest BCUT2D eigenvalue weighted by molar-refractivity contribution is 0.820. The molecular weight excluding hydrogens is 368 g/mol. The molecule has 1 aliphatic rings. The highest BCUT2D eigenvalue weighted by Crippen LogP contribution is 2.36. The van der Waals surface area contributed by atoms with E-state index in [-0.39, 0.29) is 5.56 Å². The number of nitrogens with zero attached hydrogens (tertiary/aromatic N) is 2. The van der Waals surface area contributed by atoms with Gasteiger partial charge in [0.15, 0.2) is 5.16 Å². The molecule has 2 aromatic heterocycles. The quantitative estimate of drug-likeness (QED) is 0.360. The minimum Gasteiger partial charge on any atom is -0.268 e. The molecule has 0 spiro atoms. The van der Waals surface area contributed by atoms with E-state index in [1.165, 1.54) is 16.0 Å². The smallest absolute Gasteiger partial charge is 0.267 e. The van der Waals surface area contributed by atoms with E-state index < -0.39 is 0 Å². The molecule has 0 saturated heterocycles. The van der Waals surface area contributed by atoms with Crippen LogP contribution < -0.4 is 5.56 Å². The lowest BCUT2D eigenvalue weighted by Crippen LogP contribution is -2.22. The number of hydrogen-bond acceptors (Lipinski definition) is 5. The van der Waals surface area contributed by atoms with Crippen LogP contribution in [0.5, 0.6) is 0 Å². The maximum atomic E-state index is 13.4. The Hall–Kier alpha value is -1.24. The molecule has 3 nitrogen and oxygen atoms in total. The molecule has 130 valence electrons. The van der Waals surface area contributed by atoms with Crippen LogP contribution in [0.1, 0.15) is 22.4 Å². The summed E-state index contributed by atoms with van der Waals surface area (Å²) in [5, 5.41) is 1.67. The third-order valence-electron chi connectivity index (χ3n) is 4.52. The Labute approximate surface area is 159 Å². The van der Waals surface area contributed by atoms with E-state index in [4.69, 9.17) is 4.98 Å². The van der Waals surface area contributed by atoms with Gasteiger partial charge in [-0.15, -0.1) is 11.3 Å². The largest absolute Gasteiger partial charge is 0.268 e. The molecule has 3 aromatic rings. The monoisotopic (exact) mass is 388 g/mol. The summed E-state index contributed by atoms with van der Waals surface area (Å²) in [5.41, 5.74) is 3.45. The predicted molar refractivity (Wildman–Crippen MR) is 111 cm³/mol. The lowest BCUT2D eigenvalue weighted by Gasteiger charge is -2.12. The number of hydrogen-bond donors (Lipinski definition) is 0. The van der Waals surface area contributed by atoms with Gasteiger partial charge < -0.3 is 0 Å². The van der Waals surface area contributed by atoms with Crippen molar-refractivity contribution in [1.82, 2.24) is 9.55 Å². The summed E-state index contributed by atoms with van der Waals surface area (Å²) in [6, 6.07) is 8.16. The van der Waals surface area contributed by atoms with E-state index in [9.17, 15) is 4.79 Å². The van der Waals surface area contributed by atoms with Crippen LogP contribution in [-0.2, 0) is 12.8 Å². The fourth-order valence-corrected chi connectivity index (χ4v) is 6.22. The van der Waals surface area contributed by atoms with Gasteiger partial charge in [-0.2, -0.15) is 11.8 Å². The van der Waals surface area contributed by atoms with E-state index in [1.54, 1.807) is 23.1 Å². The minimum absolute atomic E-state index is 0.0971. The van der Waals surface area contributed by atoms with Crippen molar-refractivity contribution in [3.63, 3.8) is 0 Å². The van der Waals surface area contributed by atoms with Crippen LogP contribution >= 0.6 is 34.9 Å². The molecule has 0 fully saturated rings. The van der Waals surface area contributed by atoms with Crippen LogP contribution in [0.15, 0.2) is 34.2 Å². The predicted octanol–water partition coefficient (Wildman–Crippen LogP) is 4.70. The number of thioether (sulfide) groups is 2. The summed E-state index contributed by atoms with van der Waals surface area (Å²) < 4.78 is 1.82. The molecule has 25 heavy (non-hydrogen) atoms. The molecule has 1 aromatic carbocycles. The number of fused-ring (bicyclic) bond motifs is 3. The second-order valence-corrected chi connectivity index (χ2v) is 9.38. The Morgan fingerprint density at radius 3 is 2.76 bits per heavy atom. The summed E-state index contributed by atoms with van der Waals surface area (Å²) >= 11 is 5.21. The third-order valence-corrected chi connectivity index (χ3v) is 7.52. The maximum Gasteiger partial charge on any atom is 0.267 e. The first-order valence-electron chi connectivity index (χ1n) is 8.45. The standard InChI is InChI=1S/C19H20N2OS3/c1-12-6-8-13(9-7-12)21-18(22)16-14-4-3-5-15(14)25-17(16)20-19(21)24-11-10-23-2/h6-9H,3-5,10-11H2,1-2H3. The van der Waals surface area contributed by atoms with Crippen LogP contribution in [0.3, 0.4) is 0 Å². The number of benzene rings is 1. The Bertz CT molecular complexity index is 973. The highest BCUT2D eigenvalue weighted by Gasteiger charge is 2.23. The molecule has 2 heterocycles. The summed E-state index contributed by atoms with van der Waals surface area (Å²) in [5.74, 6) is 2.00. The molecule has 0 radical (unpaired) electrons. The van der Waals surface area contributed by atoms with Gasteiger partial charge in [-0.25, -0.2) is 4.98 Å². The van der Waals surface area contributed by atoms with Crippen molar-refractivity contribution in [2.24, 2.45) is 0 Å². The van der Waals surface area contributed by atoms with Crippen molar-refractivity contribution in [1.29, 1.82) is 0 Å². The molecule has 0 unspecified atom stereocenters. The zero-order valence-corrected chi connectivity index (χ0v) is 16.8. The van der Waals surface area contributed by atoms with E-state index in [0.717, 1.165) is 51.8 Å². The van der Waals surface area contributed by atoms with Gasteiger partial charge in [0.1, 0.15) is 4.83 Å². The Morgan fingerprint density at radius 2 is 2.00 bits per heavy atom. The van der Waals surface area contributed by atoms with Gasteiger partial charge >= 0.3 is 0 Å². The molecule has 0 atom stereocenters. The van der Waals surface area contributed by atoms with Crippen molar-refractivity contribution in [3.8, 4) is 5.69 Å². The summed E-state index contributed by atoms with van der Waals surface area (Å²) in [6.07, 6.45) is 5.37. The molecule has 0 bridgehead atoms. The molecule has 4 rings (SSSR count). The minimum atomic E-state index is 0.0971. The average molecular weight is 389 g/mol. The van der Waals surface area contributed by atoms with Gasteiger partial charge in [0.2, 0.25) is 0 Å². The van der Waals surface area contributed by atoms with Gasteiger partial charge in [0.25, 0.3) is 5.56 Å². The molecule has 6 heteroatoms.